The number of amides is 5. The van der Waals surface area contributed by atoms with Crippen molar-refractivity contribution in [3.05, 3.63) is 65.5 Å². The van der Waals surface area contributed by atoms with Gasteiger partial charge in [0.1, 0.15) is 17.4 Å². The highest BCUT2D eigenvalue weighted by molar-refractivity contribution is 6.16. The summed E-state index contributed by atoms with van der Waals surface area (Å²) < 4.78 is 19.4. The Hall–Kier alpha value is -3.79. The van der Waals surface area contributed by atoms with Crippen LogP contribution in [0.15, 0.2) is 48.5 Å². The Morgan fingerprint density at radius 2 is 1.76 bits per heavy atom. The van der Waals surface area contributed by atoms with Crippen LogP contribution < -0.4 is 10.2 Å². The molecule has 2 aromatic carbocycles. The fourth-order valence-corrected chi connectivity index (χ4v) is 5.22. The average Bonchev–Trinajstić information content (AvgIpc) is 3.11. The second-order valence-corrected chi connectivity index (χ2v) is 9.77. The number of benzene rings is 2. The molecule has 202 valence electrons. The van der Waals surface area contributed by atoms with E-state index in [0.29, 0.717) is 17.7 Å². The molecule has 0 saturated carbocycles. The molecule has 1 N–H and O–H groups in total. The Kier molecular flexibility index (Phi) is 7.82. The quantitative estimate of drug-likeness (QED) is 0.562. The largest absolute Gasteiger partial charge is 0.379 e. The summed E-state index contributed by atoms with van der Waals surface area (Å²) in [5, 5.41) is 2.72. The molecule has 2 aromatic rings. The number of imide groups is 1. The van der Waals surface area contributed by atoms with Gasteiger partial charge in [-0.05, 0) is 62.1 Å². The van der Waals surface area contributed by atoms with Crippen LogP contribution in [0.3, 0.4) is 0 Å². The molecule has 2 atom stereocenters. The van der Waals surface area contributed by atoms with Gasteiger partial charge in [-0.1, -0.05) is 25.1 Å². The van der Waals surface area contributed by atoms with E-state index in [4.69, 9.17) is 4.74 Å². The van der Waals surface area contributed by atoms with Crippen molar-refractivity contribution in [2.24, 2.45) is 0 Å². The van der Waals surface area contributed by atoms with Crippen molar-refractivity contribution < 1.29 is 28.3 Å². The van der Waals surface area contributed by atoms with Gasteiger partial charge in [-0.15, -0.1) is 0 Å². The second kappa shape index (κ2) is 10.9. The van der Waals surface area contributed by atoms with Crippen molar-refractivity contribution in [3.8, 4) is 0 Å². The monoisotopic (exact) mass is 524 g/mol. The van der Waals surface area contributed by atoms with E-state index in [9.17, 15) is 23.6 Å². The number of anilines is 1. The fourth-order valence-electron chi connectivity index (χ4n) is 5.22. The van der Waals surface area contributed by atoms with Gasteiger partial charge in [0.15, 0.2) is 0 Å². The Balaban J connectivity index is 1.53. The maximum absolute atomic E-state index is 14.0. The van der Waals surface area contributed by atoms with E-state index in [-0.39, 0.29) is 43.3 Å². The van der Waals surface area contributed by atoms with Crippen LogP contribution in [0.2, 0.25) is 0 Å². The zero-order valence-corrected chi connectivity index (χ0v) is 22.1. The summed E-state index contributed by atoms with van der Waals surface area (Å²) in [5.74, 6) is -1.77. The Bertz CT molecular complexity index is 1230. The topological polar surface area (TPSA) is 99.3 Å². The van der Waals surface area contributed by atoms with Crippen LogP contribution in [-0.4, -0.2) is 78.5 Å². The van der Waals surface area contributed by atoms with Gasteiger partial charge in [-0.2, -0.15) is 0 Å². The van der Waals surface area contributed by atoms with Crippen LogP contribution in [0.4, 0.5) is 14.9 Å². The van der Waals surface area contributed by atoms with Crippen molar-refractivity contribution in [3.63, 3.8) is 0 Å². The van der Waals surface area contributed by atoms with Gasteiger partial charge in [0.05, 0.1) is 6.10 Å². The van der Waals surface area contributed by atoms with Gasteiger partial charge in [0.2, 0.25) is 5.91 Å². The first kappa shape index (κ1) is 27.3. The molecule has 2 saturated heterocycles. The minimum Gasteiger partial charge on any atom is -0.379 e. The van der Waals surface area contributed by atoms with E-state index in [2.05, 4.69) is 5.32 Å². The van der Waals surface area contributed by atoms with Crippen LogP contribution in [0.1, 0.15) is 42.6 Å². The van der Waals surface area contributed by atoms with Crippen LogP contribution in [0.5, 0.6) is 0 Å². The third-order valence-corrected chi connectivity index (χ3v) is 7.55. The molecule has 0 unspecified atom stereocenters. The summed E-state index contributed by atoms with van der Waals surface area (Å²) in [4.78, 5) is 57.1. The van der Waals surface area contributed by atoms with Crippen LogP contribution in [0.25, 0.3) is 0 Å². The van der Waals surface area contributed by atoms with Crippen molar-refractivity contribution >= 4 is 29.4 Å². The van der Waals surface area contributed by atoms with Gasteiger partial charge in [-0.25, -0.2) is 9.18 Å². The number of likely N-dealkylation sites (tertiary alicyclic amines) is 1. The molecule has 38 heavy (non-hydrogen) atoms. The predicted molar refractivity (Wildman–Crippen MR) is 139 cm³/mol. The molecule has 1 spiro atoms. The summed E-state index contributed by atoms with van der Waals surface area (Å²) in [7, 11) is 2.91. The maximum Gasteiger partial charge on any atom is 0.331 e. The predicted octanol–water partition coefficient (Wildman–Crippen LogP) is 2.98. The third-order valence-electron chi connectivity index (χ3n) is 7.55. The lowest BCUT2D eigenvalue weighted by atomic mass is 9.85. The smallest absolute Gasteiger partial charge is 0.331 e. The van der Waals surface area contributed by atoms with Crippen LogP contribution in [-0.2, 0) is 20.7 Å². The number of methoxy groups -OCH3 is 1. The number of carbonyl (C=O) groups is 4. The first-order valence-corrected chi connectivity index (χ1v) is 12.7. The summed E-state index contributed by atoms with van der Waals surface area (Å²) in [5.41, 5.74) is 0.322. The van der Waals surface area contributed by atoms with Crippen molar-refractivity contribution in [2.45, 2.75) is 50.8 Å². The summed E-state index contributed by atoms with van der Waals surface area (Å²) in [6.45, 7) is 3.94. The van der Waals surface area contributed by atoms with Crippen molar-refractivity contribution in [2.75, 3.05) is 32.1 Å². The molecule has 2 aliphatic rings. The molecule has 0 aromatic heterocycles. The Morgan fingerprint density at radius 3 is 2.37 bits per heavy atom. The lowest BCUT2D eigenvalue weighted by Crippen LogP contribution is -2.61. The van der Waals surface area contributed by atoms with E-state index >= 15 is 0 Å². The first-order chi connectivity index (χ1) is 18.1. The van der Waals surface area contributed by atoms with E-state index in [0.717, 1.165) is 11.0 Å². The highest BCUT2D eigenvalue weighted by Gasteiger charge is 2.58. The SMILES string of the molecule is CCc1cc(F)cc(C(=O)N[C@@H](C(=O)N2CCC3(CC2)C(=O)N(C)C(=O)N3c2ccccc2)[C@H](C)OC)c1. The number of hydrogen-bond acceptors (Lipinski definition) is 5. The minimum atomic E-state index is -1.09. The molecule has 4 rings (SSSR count). The van der Waals surface area contributed by atoms with E-state index < -0.39 is 35.4 Å². The second-order valence-electron chi connectivity index (χ2n) is 9.77. The lowest BCUT2D eigenvalue weighted by Gasteiger charge is -2.43. The number of halogens is 1. The molecule has 5 amide bonds. The van der Waals surface area contributed by atoms with E-state index in [1.807, 2.05) is 13.0 Å². The molecule has 2 fully saturated rings. The zero-order chi connectivity index (χ0) is 27.6. The number of hydrogen-bond donors (Lipinski definition) is 1. The number of rotatable bonds is 7. The Morgan fingerprint density at radius 1 is 1.11 bits per heavy atom. The van der Waals surface area contributed by atoms with Gasteiger partial charge in [-0.3, -0.25) is 24.2 Å². The molecule has 0 bridgehead atoms. The number of nitrogens with zero attached hydrogens (tertiary/aromatic N) is 3. The molecule has 2 heterocycles. The Labute approximate surface area is 221 Å². The lowest BCUT2D eigenvalue weighted by molar-refractivity contribution is -0.141. The average molecular weight is 525 g/mol. The van der Waals surface area contributed by atoms with Crippen molar-refractivity contribution in [1.82, 2.24) is 15.1 Å². The summed E-state index contributed by atoms with van der Waals surface area (Å²) in [6.07, 6.45) is 0.381. The number of carbonyl (C=O) groups excluding carboxylic acids is 4. The fraction of sp³-hybridized carbons (Fsp3) is 0.429. The van der Waals surface area contributed by atoms with E-state index in [1.54, 1.807) is 42.2 Å². The highest BCUT2D eigenvalue weighted by Crippen LogP contribution is 2.40. The standard InChI is InChI=1S/C28H33FN4O5/c1-5-19-15-20(17-21(29)16-19)24(34)30-23(18(2)38-4)25(35)32-13-11-28(12-14-32)26(36)31(3)27(37)33(28)22-9-7-6-8-10-22/h6-10,15-18,23H,5,11-14H2,1-4H3,(H,30,34)/t18-,23+/m0/s1. The van der Waals surface area contributed by atoms with Crippen LogP contribution >= 0.6 is 0 Å². The van der Waals surface area contributed by atoms with E-state index in [1.165, 1.54) is 25.1 Å². The van der Waals surface area contributed by atoms with Gasteiger partial charge in [0.25, 0.3) is 11.8 Å². The number of para-hydroxylation sites is 1. The zero-order valence-electron chi connectivity index (χ0n) is 22.1. The molecule has 0 aliphatic carbocycles. The molecular formula is C28H33FN4O5. The number of urea groups is 1. The highest BCUT2D eigenvalue weighted by atomic mass is 19.1. The molecule has 10 heteroatoms. The van der Waals surface area contributed by atoms with Crippen molar-refractivity contribution in [1.29, 1.82) is 0 Å². The maximum atomic E-state index is 14.0. The number of likely N-dealkylation sites (N-methyl/N-ethyl adjacent to an activating group) is 1. The van der Waals surface area contributed by atoms with Gasteiger partial charge < -0.3 is 15.0 Å². The third kappa shape index (κ3) is 4.88. The number of aryl methyl sites for hydroxylation is 1. The number of nitrogens with one attached hydrogen (secondary N) is 1. The number of piperidine rings is 1. The van der Waals surface area contributed by atoms with Gasteiger partial charge in [0, 0.05) is 38.5 Å². The minimum absolute atomic E-state index is 0.122. The van der Waals surface area contributed by atoms with Gasteiger partial charge >= 0.3 is 6.03 Å². The summed E-state index contributed by atoms with van der Waals surface area (Å²) >= 11 is 0. The molecule has 9 nitrogen and oxygen atoms in total. The first-order valence-electron chi connectivity index (χ1n) is 12.7. The molecule has 2 aliphatic heterocycles. The normalized spacial score (nSPS) is 18.6. The molecule has 0 radical (unpaired) electrons. The molecular weight excluding hydrogens is 491 g/mol. The number of ether oxygens (including phenoxy) is 1. The van der Waals surface area contributed by atoms with Crippen LogP contribution in [0, 0.1) is 5.82 Å². The summed E-state index contributed by atoms with van der Waals surface area (Å²) in [6, 6.07) is 11.7.